The molecule has 4 rings (SSSR count). The maximum atomic E-state index is 13.3. The molecule has 7 nitrogen and oxygen atoms in total. The maximum absolute atomic E-state index is 13.3. The summed E-state index contributed by atoms with van der Waals surface area (Å²) in [5.41, 5.74) is 2.19. The van der Waals surface area contributed by atoms with Gasteiger partial charge in [0.15, 0.2) is 0 Å². The zero-order valence-electron chi connectivity index (χ0n) is 14.6. The zero-order chi connectivity index (χ0) is 17.8. The van der Waals surface area contributed by atoms with Gasteiger partial charge in [0.1, 0.15) is 17.7 Å². The maximum Gasteiger partial charge on any atom is 0.274 e. The van der Waals surface area contributed by atoms with Gasteiger partial charge in [0, 0.05) is 42.9 Å². The molecule has 3 aromatic heterocycles. The number of rotatable bonds is 4. The van der Waals surface area contributed by atoms with Crippen molar-refractivity contribution in [3.05, 3.63) is 60.6 Å². The number of imidazole rings is 1. The predicted molar refractivity (Wildman–Crippen MR) is 97.6 cm³/mol. The molecule has 1 N–H and O–H groups in total. The third-order valence-electron chi connectivity index (χ3n) is 4.80. The normalized spacial score (nSPS) is 17.8. The van der Waals surface area contributed by atoms with E-state index in [0.717, 1.165) is 43.6 Å². The first-order chi connectivity index (χ1) is 12.8. The number of nitrogens with zero attached hydrogens (tertiary/aromatic N) is 5. The van der Waals surface area contributed by atoms with E-state index in [1.54, 1.807) is 18.6 Å². The lowest BCUT2D eigenvalue weighted by Crippen LogP contribution is -2.40. The van der Waals surface area contributed by atoms with Crippen molar-refractivity contribution in [2.75, 3.05) is 13.1 Å². The van der Waals surface area contributed by atoms with Crippen LogP contribution in [0.2, 0.25) is 0 Å². The molecule has 0 unspecified atom stereocenters. The van der Waals surface area contributed by atoms with E-state index in [9.17, 15) is 4.79 Å². The lowest BCUT2D eigenvalue weighted by molar-refractivity contribution is 0.0639. The third kappa shape index (κ3) is 3.57. The summed E-state index contributed by atoms with van der Waals surface area (Å²) in [7, 11) is 0. The van der Waals surface area contributed by atoms with Crippen LogP contribution in [0.3, 0.4) is 0 Å². The van der Waals surface area contributed by atoms with Crippen molar-refractivity contribution in [1.82, 2.24) is 29.6 Å². The van der Waals surface area contributed by atoms with Crippen molar-refractivity contribution in [1.29, 1.82) is 0 Å². The van der Waals surface area contributed by atoms with Crippen LogP contribution < -0.4 is 5.32 Å². The minimum atomic E-state index is -0.0375. The molecular formula is C19H22N6O. The highest BCUT2D eigenvalue weighted by atomic mass is 16.2. The summed E-state index contributed by atoms with van der Waals surface area (Å²) in [6, 6.07) is 5.94. The van der Waals surface area contributed by atoms with Crippen LogP contribution in [0.15, 0.2) is 49.3 Å². The molecule has 1 saturated heterocycles. The molecule has 1 fully saturated rings. The fraction of sp³-hybridized carbons (Fsp3) is 0.368. The van der Waals surface area contributed by atoms with Crippen molar-refractivity contribution in [2.45, 2.75) is 31.8 Å². The van der Waals surface area contributed by atoms with E-state index in [4.69, 9.17) is 0 Å². The number of fused-ring (bicyclic) bond motifs is 1. The minimum Gasteiger partial charge on any atom is -0.330 e. The van der Waals surface area contributed by atoms with Crippen molar-refractivity contribution < 1.29 is 4.79 Å². The summed E-state index contributed by atoms with van der Waals surface area (Å²) in [6.07, 6.45) is 11.7. The monoisotopic (exact) mass is 350 g/mol. The molecule has 4 heterocycles. The first-order valence-electron chi connectivity index (χ1n) is 9.00. The predicted octanol–water partition coefficient (Wildman–Crippen LogP) is 1.91. The Morgan fingerprint density at radius 3 is 2.96 bits per heavy atom. The van der Waals surface area contributed by atoms with Gasteiger partial charge in [-0.15, -0.1) is 0 Å². The van der Waals surface area contributed by atoms with Crippen molar-refractivity contribution >= 4 is 11.6 Å². The summed E-state index contributed by atoms with van der Waals surface area (Å²) in [4.78, 5) is 27.9. The van der Waals surface area contributed by atoms with Crippen LogP contribution in [0, 0.1) is 0 Å². The van der Waals surface area contributed by atoms with Gasteiger partial charge < -0.3 is 14.6 Å². The van der Waals surface area contributed by atoms with Crippen LogP contribution in [0.25, 0.3) is 5.65 Å². The highest BCUT2D eigenvalue weighted by Crippen LogP contribution is 2.19. The van der Waals surface area contributed by atoms with Crippen LogP contribution in [0.1, 0.15) is 35.3 Å². The van der Waals surface area contributed by atoms with Gasteiger partial charge in [-0.1, -0.05) is 6.07 Å². The van der Waals surface area contributed by atoms with E-state index in [-0.39, 0.29) is 11.9 Å². The lowest BCUT2D eigenvalue weighted by atomic mass is 10.1. The highest BCUT2D eigenvalue weighted by molar-refractivity contribution is 5.93. The van der Waals surface area contributed by atoms with E-state index in [1.165, 1.54) is 6.33 Å². The lowest BCUT2D eigenvalue weighted by Gasteiger charge is -2.30. The van der Waals surface area contributed by atoms with Gasteiger partial charge in [0.25, 0.3) is 5.91 Å². The molecular weight excluding hydrogens is 328 g/mol. The molecule has 3 aromatic rings. The second-order valence-corrected chi connectivity index (χ2v) is 6.61. The van der Waals surface area contributed by atoms with Gasteiger partial charge in [-0.05, 0) is 44.5 Å². The largest absolute Gasteiger partial charge is 0.330 e. The van der Waals surface area contributed by atoms with Crippen LogP contribution in [-0.2, 0) is 6.54 Å². The van der Waals surface area contributed by atoms with Crippen LogP contribution >= 0.6 is 0 Å². The molecule has 1 aliphatic heterocycles. The number of hydrogen-bond donors (Lipinski definition) is 1. The summed E-state index contributed by atoms with van der Waals surface area (Å²) >= 11 is 0. The number of pyridine rings is 1. The first-order valence-corrected chi connectivity index (χ1v) is 9.00. The van der Waals surface area contributed by atoms with E-state index in [1.807, 2.05) is 33.7 Å². The molecule has 1 aliphatic rings. The van der Waals surface area contributed by atoms with Gasteiger partial charge in [-0.25, -0.2) is 15.0 Å². The average Bonchev–Trinajstić information content (AvgIpc) is 2.94. The summed E-state index contributed by atoms with van der Waals surface area (Å²) in [5.74, 6) is -0.0375. The zero-order valence-corrected chi connectivity index (χ0v) is 14.6. The molecule has 0 aromatic carbocycles. The van der Waals surface area contributed by atoms with Crippen molar-refractivity contribution in [3.8, 4) is 0 Å². The molecule has 0 spiro atoms. The van der Waals surface area contributed by atoms with E-state index < -0.39 is 0 Å². The Hall–Kier alpha value is -2.80. The summed E-state index contributed by atoms with van der Waals surface area (Å²) in [5, 5.41) is 3.41. The average molecular weight is 350 g/mol. The van der Waals surface area contributed by atoms with Crippen molar-refractivity contribution in [2.24, 2.45) is 0 Å². The quantitative estimate of drug-likeness (QED) is 0.778. The molecule has 1 amide bonds. The molecule has 26 heavy (non-hydrogen) atoms. The van der Waals surface area contributed by atoms with Crippen LogP contribution in [0.4, 0.5) is 0 Å². The Labute approximate surface area is 152 Å². The minimum absolute atomic E-state index is 0.0375. The molecule has 1 atom stereocenters. The Morgan fingerprint density at radius 1 is 1.23 bits per heavy atom. The Balaban J connectivity index is 1.64. The summed E-state index contributed by atoms with van der Waals surface area (Å²) < 4.78 is 1.88. The van der Waals surface area contributed by atoms with Gasteiger partial charge in [-0.3, -0.25) is 4.79 Å². The number of aromatic nitrogens is 4. The number of nitrogens with one attached hydrogen (secondary N) is 1. The molecule has 0 radical (unpaired) electrons. The number of carbonyl (C=O) groups is 1. The number of amides is 1. The topological polar surface area (TPSA) is 75.4 Å². The second-order valence-electron chi connectivity index (χ2n) is 6.61. The Bertz CT molecular complexity index is 837. The van der Waals surface area contributed by atoms with Gasteiger partial charge in [0.2, 0.25) is 0 Å². The number of carbonyl (C=O) groups excluding carboxylic acids is 1. The second kappa shape index (κ2) is 7.61. The highest BCUT2D eigenvalue weighted by Gasteiger charge is 2.27. The standard InChI is InChI=1S/C19H22N6O/c26-19(17-13-24-9-2-1-5-18(24)23-17)25(12-15-10-21-14-22-11-15)16-4-3-7-20-8-6-16/h1-2,5,9-11,13-14,16,20H,3-4,6-8,12H2/t16-/m1/s1. The van der Waals surface area contributed by atoms with Gasteiger partial charge in [0.05, 0.1) is 0 Å². The fourth-order valence-electron chi connectivity index (χ4n) is 3.47. The third-order valence-corrected chi connectivity index (χ3v) is 4.80. The smallest absolute Gasteiger partial charge is 0.274 e. The van der Waals surface area contributed by atoms with Crippen molar-refractivity contribution in [3.63, 3.8) is 0 Å². The van der Waals surface area contributed by atoms with Crippen LogP contribution in [-0.4, -0.2) is 49.3 Å². The molecule has 134 valence electrons. The van der Waals surface area contributed by atoms with E-state index in [2.05, 4.69) is 20.3 Å². The molecule has 0 saturated carbocycles. The number of hydrogen-bond acceptors (Lipinski definition) is 5. The van der Waals surface area contributed by atoms with Crippen LogP contribution in [0.5, 0.6) is 0 Å². The fourth-order valence-corrected chi connectivity index (χ4v) is 3.47. The molecule has 7 heteroatoms. The molecule has 0 aliphatic carbocycles. The SMILES string of the molecule is O=C(c1cn2ccccc2n1)N(Cc1cncnc1)[C@@H]1CCCNCC1. The Kier molecular flexibility index (Phi) is 4.88. The first kappa shape index (κ1) is 16.7. The Morgan fingerprint density at radius 2 is 2.12 bits per heavy atom. The summed E-state index contributed by atoms with van der Waals surface area (Å²) in [6.45, 7) is 2.42. The van der Waals surface area contributed by atoms with Gasteiger partial charge in [-0.2, -0.15) is 0 Å². The molecule has 0 bridgehead atoms. The van der Waals surface area contributed by atoms with E-state index >= 15 is 0 Å². The van der Waals surface area contributed by atoms with E-state index in [0.29, 0.717) is 12.2 Å². The van der Waals surface area contributed by atoms with Gasteiger partial charge >= 0.3 is 0 Å².